The van der Waals surface area contributed by atoms with E-state index in [4.69, 9.17) is 0 Å². The molecule has 2 aromatic rings. The molecule has 0 atom stereocenters. The van der Waals surface area contributed by atoms with Gasteiger partial charge in [-0.3, -0.25) is 4.79 Å². The SMILES string of the molecule is O=c1ccc(-c2cc(F)ccc2Br)n[nH]1. The molecular weight excluding hydrogens is 263 g/mol. The Balaban J connectivity index is 2.58. The van der Waals surface area contributed by atoms with Crippen LogP contribution in [0.25, 0.3) is 11.3 Å². The second kappa shape index (κ2) is 3.94. The average molecular weight is 269 g/mol. The summed E-state index contributed by atoms with van der Waals surface area (Å²) in [6, 6.07) is 7.18. The molecule has 1 heterocycles. The quantitative estimate of drug-likeness (QED) is 0.863. The predicted molar refractivity (Wildman–Crippen MR) is 58.0 cm³/mol. The van der Waals surface area contributed by atoms with Gasteiger partial charge in [-0.1, -0.05) is 15.9 Å². The van der Waals surface area contributed by atoms with Crippen LogP contribution in [0, 0.1) is 5.82 Å². The zero-order valence-corrected chi connectivity index (χ0v) is 9.08. The van der Waals surface area contributed by atoms with Crippen molar-refractivity contribution in [2.24, 2.45) is 0 Å². The molecule has 0 saturated carbocycles. The summed E-state index contributed by atoms with van der Waals surface area (Å²) in [5, 5.41) is 6.11. The molecule has 0 amide bonds. The first kappa shape index (κ1) is 10.0. The van der Waals surface area contributed by atoms with Crippen LogP contribution in [0.2, 0.25) is 0 Å². The number of nitrogens with one attached hydrogen (secondary N) is 1. The molecule has 1 N–H and O–H groups in total. The number of hydrogen-bond donors (Lipinski definition) is 1. The minimum atomic E-state index is -0.346. The van der Waals surface area contributed by atoms with Crippen LogP contribution in [0.4, 0.5) is 4.39 Å². The van der Waals surface area contributed by atoms with Gasteiger partial charge in [-0.2, -0.15) is 5.10 Å². The third-order valence-electron chi connectivity index (χ3n) is 1.88. The van der Waals surface area contributed by atoms with Crippen molar-refractivity contribution in [1.82, 2.24) is 10.2 Å². The first-order chi connectivity index (χ1) is 7.16. The lowest BCUT2D eigenvalue weighted by Crippen LogP contribution is -2.05. The predicted octanol–water partition coefficient (Wildman–Crippen LogP) is 2.34. The van der Waals surface area contributed by atoms with Gasteiger partial charge >= 0.3 is 0 Å². The van der Waals surface area contributed by atoms with E-state index in [1.807, 2.05) is 0 Å². The smallest absolute Gasteiger partial charge is 0.264 e. The van der Waals surface area contributed by atoms with E-state index < -0.39 is 0 Å². The molecule has 0 fully saturated rings. The standard InChI is InChI=1S/C10H6BrFN2O/c11-8-2-1-6(12)5-7(8)9-3-4-10(15)14-13-9/h1-5H,(H,14,15). The molecular formula is C10H6BrFN2O. The van der Waals surface area contributed by atoms with Gasteiger partial charge in [0.15, 0.2) is 0 Å². The van der Waals surface area contributed by atoms with E-state index >= 15 is 0 Å². The highest BCUT2D eigenvalue weighted by Crippen LogP contribution is 2.26. The number of H-pyrrole nitrogens is 1. The number of rotatable bonds is 1. The van der Waals surface area contributed by atoms with Crippen molar-refractivity contribution in [3.63, 3.8) is 0 Å². The van der Waals surface area contributed by atoms with Crippen LogP contribution >= 0.6 is 15.9 Å². The van der Waals surface area contributed by atoms with Gasteiger partial charge < -0.3 is 0 Å². The summed E-state index contributed by atoms with van der Waals surface area (Å²) < 4.78 is 13.7. The van der Waals surface area contributed by atoms with Gasteiger partial charge in [0.25, 0.3) is 5.56 Å². The van der Waals surface area contributed by atoms with Crippen molar-refractivity contribution in [1.29, 1.82) is 0 Å². The van der Waals surface area contributed by atoms with Crippen molar-refractivity contribution in [3.8, 4) is 11.3 Å². The number of halogens is 2. The summed E-state index contributed by atoms with van der Waals surface area (Å²) in [5.74, 6) is -0.346. The Hall–Kier alpha value is -1.49. The fourth-order valence-corrected chi connectivity index (χ4v) is 1.64. The van der Waals surface area contributed by atoms with E-state index in [1.54, 1.807) is 12.1 Å². The van der Waals surface area contributed by atoms with E-state index in [9.17, 15) is 9.18 Å². The normalized spacial score (nSPS) is 10.3. The van der Waals surface area contributed by atoms with Gasteiger partial charge in [0.1, 0.15) is 5.82 Å². The van der Waals surface area contributed by atoms with Crippen LogP contribution in [-0.2, 0) is 0 Å². The molecule has 0 aliphatic rings. The lowest BCUT2D eigenvalue weighted by molar-refractivity contribution is 0.628. The second-order valence-corrected chi connectivity index (χ2v) is 3.78. The van der Waals surface area contributed by atoms with E-state index in [1.165, 1.54) is 18.2 Å². The largest absolute Gasteiger partial charge is 0.268 e. The Kier molecular flexibility index (Phi) is 2.64. The van der Waals surface area contributed by atoms with Crippen LogP contribution in [0.15, 0.2) is 39.6 Å². The average Bonchev–Trinajstić information content (AvgIpc) is 2.23. The van der Waals surface area contributed by atoms with E-state index in [0.717, 1.165) is 4.47 Å². The van der Waals surface area contributed by atoms with Crippen LogP contribution in [0.3, 0.4) is 0 Å². The van der Waals surface area contributed by atoms with E-state index in [2.05, 4.69) is 26.1 Å². The minimum absolute atomic E-state index is 0.286. The lowest BCUT2D eigenvalue weighted by Gasteiger charge is -2.02. The topological polar surface area (TPSA) is 45.8 Å². The third kappa shape index (κ3) is 2.12. The van der Waals surface area contributed by atoms with Gasteiger partial charge in [0.2, 0.25) is 0 Å². The molecule has 0 radical (unpaired) electrons. The number of nitrogens with zero attached hydrogens (tertiary/aromatic N) is 1. The van der Waals surface area contributed by atoms with Crippen molar-refractivity contribution < 1.29 is 4.39 Å². The molecule has 15 heavy (non-hydrogen) atoms. The zero-order valence-electron chi connectivity index (χ0n) is 7.50. The summed E-state index contributed by atoms with van der Waals surface area (Å²) in [5.41, 5.74) is 0.832. The summed E-state index contributed by atoms with van der Waals surface area (Å²) >= 11 is 3.29. The lowest BCUT2D eigenvalue weighted by atomic mass is 10.1. The second-order valence-electron chi connectivity index (χ2n) is 2.93. The van der Waals surface area contributed by atoms with Crippen molar-refractivity contribution in [2.75, 3.05) is 0 Å². The highest BCUT2D eigenvalue weighted by Gasteiger charge is 2.05. The van der Waals surface area contributed by atoms with Crippen LogP contribution in [0.5, 0.6) is 0 Å². The van der Waals surface area contributed by atoms with E-state index in [-0.39, 0.29) is 11.4 Å². The highest BCUT2D eigenvalue weighted by atomic mass is 79.9. The summed E-state index contributed by atoms with van der Waals surface area (Å²) in [6.45, 7) is 0. The minimum Gasteiger partial charge on any atom is -0.268 e. The number of aromatic nitrogens is 2. The highest BCUT2D eigenvalue weighted by molar-refractivity contribution is 9.10. The molecule has 0 saturated heterocycles. The maximum atomic E-state index is 13.0. The fraction of sp³-hybridized carbons (Fsp3) is 0. The third-order valence-corrected chi connectivity index (χ3v) is 2.57. The van der Waals surface area contributed by atoms with E-state index in [0.29, 0.717) is 11.3 Å². The Bertz CT molecular complexity index is 533. The Labute approximate surface area is 93.1 Å². The van der Waals surface area contributed by atoms with Crippen molar-refractivity contribution in [2.45, 2.75) is 0 Å². The molecule has 0 bridgehead atoms. The summed E-state index contributed by atoms with van der Waals surface area (Å²) in [7, 11) is 0. The summed E-state index contributed by atoms with van der Waals surface area (Å²) in [4.78, 5) is 10.8. The molecule has 0 unspecified atom stereocenters. The Morgan fingerprint density at radius 2 is 2.07 bits per heavy atom. The molecule has 0 aliphatic carbocycles. The van der Waals surface area contributed by atoms with Crippen LogP contribution in [0.1, 0.15) is 0 Å². The first-order valence-corrected chi connectivity index (χ1v) is 4.97. The fourth-order valence-electron chi connectivity index (χ4n) is 1.19. The zero-order chi connectivity index (χ0) is 10.8. The number of aromatic amines is 1. The van der Waals surface area contributed by atoms with Gasteiger partial charge in [0, 0.05) is 16.1 Å². The Morgan fingerprint density at radius 1 is 1.27 bits per heavy atom. The summed E-state index contributed by atoms with van der Waals surface area (Å²) in [6.07, 6.45) is 0. The first-order valence-electron chi connectivity index (χ1n) is 4.18. The van der Waals surface area contributed by atoms with Gasteiger partial charge in [-0.25, -0.2) is 9.49 Å². The molecule has 5 heteroatoms. The maximum absolute atomic E-state index is 13.0. The Morgan fingerprint density at radius 3 is 2.73 bits per heavy atom. The van der Waals surface area contributed by atoms with Gasteiger partial charge in [0.05, 0.1) is 5.69 Å². The number of benzene rings is 1. The molecule has 76 valence electrons. The monoisotopic (exact) mass is 268 g/mol. The molecule has 3 nitrogen and oxygen atoms in total. The van der Waals surface area contributed by atoms with Crippen molar-refractivity contribution >= 4 is 15.9 Å². The molecule has 1 aromatic heterocycles. The molecule has 1 aromatic carbocycles. The van der Waals surface area contributed by atoms with Crippen LogP contribution < -0.4 is 5.56 Å². The number of hydrogen-bond acceptors (Lipinski definition) is 2. The molecule has 2 rings (SSSR count). The van der Waals surface area contributed by atoms with Crippen LogP contribution in [-0.4, -0.2) is 10.2 Å². The van der Waals surface area contributed by atoms with Gasteiger partial charge in [-0.15, -0.1) is 0 Å². The van der Waals surface area contributed by atoms with Gasteiger partial charge in [-0.05, 0) is 24.3 Å². The maximum Gasteiger partial charge on any atom is 0.264 e. The molecule has 0 spiro atoms. The van der Waals surface area contributed by atoms with Crippen molar-refractivity contribution in [3.05, 3.63) is 51.0 Å². The molecule has 0 aliphatic heterocycles.